The molecule has 1 saturated heterocycles. The first-order valence-electron chi connectivity index (χ1n) is 9.59. The fourth-order valence-electron chi connectivity index (χ4n) is 4.79. The summed E-state index contributed by atoms with van der Waals surface area (Å²) in [5.74, 6) is 1.53. The second kappa shape index (κ2) is 6.56. The number of anilines is 1. The van der Waals surface area contributed by atoms with Gasteiger partial charge in [-0.2, -0.15) is 0 Å². The van der Waals surface area contributed by atoms with Crippen LogP contribution in [-0.4, -0.2) is 64.0 Å². The van der Waals surface area contributed by atoms with Crippen molar-refractivity contribution < 1.29 is 9.53 Å². The van der Waals surface area contributed by atoms with E-state index >= 15 is 0 Å². The molecular formula is C18H23N7O2. The van der Waals surface area contributed by atoms with Gasteiger partial charge < -0.3 is 15.0 Å². The van der Waals surface area contributed by atoms with E-state index in [1.807, 2.05) is 18.2 Å². The molecule has 1 amide bonds. The van der Waals surface area contributed by atoms with Crippen LogP contribution < -0.4 is 10.2 Å². The number of nitrogens with zero attached hydrogens (tertiary/aromatic N) is 6. The van der Waals surface area contributed by atoms with Gasteiger partial charge in [-0.05, 0) is 41.3 Å². The van der Waals surface area contributed by atoms with E-state index in [4.69, 9.17) is 4.74 Å². The molecule has 5 rings (SSSR count). The van der Waals surface area contributed by atoms with Gasteiger partial charge in [0.25, 0.3) is 0 Å². The number of tetrazole rings is 1. The van der Waals surface area contributed by atoms with E-state index in [2.05, 4.69) is 30.8 Å². The third-order valence-electron chi connectivity index (χ3n) is 6.28. The van der Waals surface area contributed by atoms with E-state index in [-0.39, 0.29) is 11.3 Å². The molecule has 3 aliphatic rings. The molecule has 9 heteroatoms. The van der Waals surface area contributed by atoms with Gasteiger partial charge >= 0.3 is 0 Å². The average molecular weight is 369 g/mol. The standard InChI is InChI=1S/C18H23N7O2/c26-17(13-5-8-27-9-6-13)19-11-18-7-1-2-14(18)10-24(12-18)16-4-3-15-20-22-23-25(15)21-16/h3-5,14H,1-2,6-12H2,(H,19,26)/t14-,18-/m0/s1. The normalized spacial score (nSPS) is 27.6. The number of fused-ring (bicyclic) bond motifs is 2. The van der Waals surface area contributed by atoms with Crippen LogP contribution in [0, 0.1) is 11.3 Å². The Labute approximate surface area is 156 Å². The van der Waals surface area contributed by atoms with Gasteiger partial charge in [-0.3, -0.25) is 4.79 Å². The average Bonchev–Trinajstić information content (AvgIpc) is 3.40. The van der Waals surface area contributed by atoms with Gasteiger partial charge in [0.2, 0.25) is 5.91 Å². The summed E-state index contributed by atoms with van der Waals surface area (Å²) in [6.07, 6.45) is 6.17. The molecule has 0 aromatic carbocycles. The summed E-state index contributed by atoms with van der Waals surface area (Å²) in [5, 5.41) is 19.2. The van der Waals surface area contributed by atoms with Gasteiger partial charge in [0, 0.05) is 37.0 Å². The number of ether oxygens (including phenoxy) is 1. The number of hydrogen-bond acceptors (Lipinski definition) is 7. The van der Waals surface area contributed by atoms with Crippen LogP contribution in [0.5, 0.6) is 0 Å². The topological polar surface area (TPSA) is 97.5 Å². The first-order valence-corrected chi connectivity index (χ1v) is 9.59. The van der Waals surface area contributed by atoms with Crippen LogP contribution in [0.1, 0.15) is 25.7 Å². The molecule has 2 fully saturated rings. The van der Waals surface area contributed by atoms with Gasteiger partial charge in [0.15, 0.2) is 11.5 Å². The van der Waals surface area contributed by atoms with Crippen LogP contribution in [0.2, 0.25) is 0 Å². The van der Waals surface area contributed by atoms with Crippen LogP contribution >= 0.6 is 0 Å². The molecule has 2 atom stereocenters. The van der Waals surface area contributed by atoms with E-state index in [0.29, 0.717) is 31.2 Å². The molecule has 142 valence electrons. The second-order valence-corrected chi connectivity index (χ2v) is 7.79. The lowest BCUT2D eigenvalue weighted by atomic mass is 9.80. The van der Waals surface area contributed by atoms with E-state index in [9.17, 15) is 4.79 Å². The summed E-state index contributed by atoms with van der Waals surface area (Å²) < 4.78 is 6.77. The van der Waals surface area contributed by atoms with Crippen molar-refractivity contribution in [3.63, 3.8) is 0 Å². The quantitative estimate of drug-likeness (QED) is 0.842. The van der Waals surface area contributed by atoms with E-state index in [1.165, 1.54) is 17.5 Å². The highest BCUT2D eigenvalue weighted by atomic mass is 16.5. The summed E-state index contributed by atoms with van der Waals surface area (Å²) >= 11 is 0. The number of carbonyl (C=O) groups excluding carboxylic acids is 1. The van der Waals surface area contributed by atoms with Crippen LogP contribution in [0.3, 0.4) is 0 Å². The van der Waals surface area contributed by atoms with Crippen molar-refractivity contribution >= 4 is 17.4 Å². The fraction of sp³-hybridized carbons (Fsp3) is 0.611. The number of nitrogens with one attached hydrogen (secondary N) is 1. The largest absolute Gasteiger partial charge is 0.377 e. The third kappa shape index (κ3) is 2.95. The van der Waals surface area contributed by atoms with Gasteiger partial charge in [0.05, 0.1) is 13.2 Å². The lowest BCUT2D eigenvalue weighted by Gasteiger charge is -2.29. The van der Waals surface area contributed by atoms with E-state index < -0.39 is 0 Å². The summed E-state index contributed by atoms with van der Waals surface area (Å²) in [6, 6.07) is 3.87. The number of amides is 1. The molecule has 1 N–H and O–H groups in total. The van der Waals surface area contributed by atoms with Crippen LogP contribution in [-0.2, 0) is 9.53 Å². The zero-order chi connectivity index (χ0) is 18.3. The minimum atomic E-state index is 0.0602. The lowest BCUT2D eigenvalue weighted by molar-refractivity contribution is -0.118. The minimum absolute atomic E-state index is 0.0602. The number of carbonyl (C=O) groups is 1. The van der Waals surface area contributed by atoms with Crippen molar-refractivity contribution in [1.82, 2.24) is 30.6 Å². The summed E-state index contributed by atoms with van der Waals surface area (Å²) in [4.78, 5) is 14.8. The minimum Gasteiger partial charge on any atom is -0.377 e. The Balaban J connectivity index is 1.31. The Hall–Kier alpha value is -2.55. The van der Waals surface area contributed by atoms with Crippen molar-refractivity contribution in [3.8, 4) is 0 Å². The van der Waals surface area contributed by atoms with Crippen molar-refractivity contribution in [2.24, 2.45) is 11.3 Å². The summed E-state index contributed by atoms with van der Waals surface area (Å²) in [6.45, 7) is 3.76. The highest BCUT2D eigenvalue weighted by Crippen LogP contribution is 2.49. The highest BCUT2D eigenvalue weighted by molar-refractivity contribution is 5.93. The predicted octanol–water partition coefficient (Wildman–Crippen LogP) is 0.589. The molecule has 2 aromatic rings. The molecule has 1 aliphatic carbocycles. The maximum Gasteiger partial charge on any atom is 0.247 e. The lowest BCUT2D eigenvalue weighted by Crippen LogP contribution is -2.41. The molecule has 0 bridgehead atoms. The maximum atomic E-state index is 12.5. The number of hydrogen-bond donors (Lipinski definition) is 1. The molecule has 2 aromatic heterocycles. The van der Waals surface area contributed by atoms with Gasteiger partial charge in [-0.15, -0.1) is 14.8 Å². The molecule has 1 saturated carbocycles. The Morgan fingerprint density at radius 3 is 3.26 bits per heavy atom. The van der Waals surface area contributed by atoms with Crippen LogP contribution in [0.15, 0.2) is 23.8 Å². The number of rotatable bonds is 4. The predicted molar refractivity (Wildman–Crippen MR) is 97.1 cm³/mol. The van der Waals surface area contributed by atoms with E-state index in [0.717, 1.165) is 37.4 Å². The first kappa shape index (κ1) is 16.6. The van der Waals surface area contributed by atoms with Crippen molar-refractivity contribution in [2.45, 2.75) is 25.7 Å². The van der Waals surface area contributed by atoms with Crippen LogP contribution in [0.25, 0.3) is 5.65 Å². The Kier molecular flexibility index (Phi) is 4.04. The first-order chi connectivity index (χ1) is 13.2. The smallest absolute Gasteiger partial charge is 0.247 e. The van der Waals surface area contributed by atoms with Crippen molar-refractivity contribution in [3.05, 3.63) is 23.8 Å². The van der Waals surface area contributed by atoms with Gasteiger partial charge in [-0.25, -0.2) is 0 Å². The second-order valence-electron chi connectivity index (χ2n) is 7.79. The van der Waals surface area contributed by atoms with E-state index in [1.54, 1.807) is 0 Å². The highest BCUT2D eigenvalue weighted by Gasteiger charge is 2.49. The Morgan fingerprint density at radius 2 is 2.37 bits per heavy atom. The zero-order valence-electron chi connectivity index (χ0n) is 15.2. The maximum absolute atomic E-state index is 12.5. The number of aromatic nitrogens is 5. The van der Waals surface area contributed by atoms with Crippen molar-refractivity contribution in [2.75, 3.05) is 37.7 Å². The summed E-state index contributed by atoms with van der Waals surface area (Å²) in [5.41, 5.74) is 1.62. The zero-order valence-corrected chi connectivity index (χ0v) is 15.2. The van der Waals surface area contributed by atoms with Crippen LogP contribution in [0.4, 0.5) is 5.82 Å². The van der Waals surface area contributed by atoms with Crippen molar-refractivity contribution in [1.29, 1.82) is 0 Å². The van der Waals surface area contributed by atoms with Gasteiger partial charge in [-0.1, -0.05) is 12.5 Å². The monoisotopic (exact) mass is 369 g/mol. The molecule has 27 heavy (non-hydrogen) atoms. The molecule has 0 spiro atoms. The summed E-state index contributed by atoms with van der Waals surface area (Å²) in [7, 11) is 0. The molecule has 0 radical (unpaired) electrons. The fourth-order valence-corrected chi connectivity index (χ4v) is 4.79. The molecule has 4 heterocycles. The Bertz CT molecular complexity index is 895. The molecule has 0 unspecified atom stereocenters. The molecule has 2 aliphatic heterocycles. The molecule has 9 nitrogen and oxygen atoms in total. The van der Waals surface area contributed by atoms with Gasteiger partial charge in [0.1, 0.15) is 0 Å². The SMILES string of the molecule is O=C(NC[C@]12CCC[C@H]1CN(c1ccc3nnnn3n1)C2)C1=CCOCC1. The molecular weight excluding hydrogens is 346 g/mol. The Morgan fingerprint density at radius 1 is 1.41 bits per heavy atom. The third-order valence-corrected chi connectivity index (χ3v) is 6.28.